The van der Waals surface area contributed by atoms with E-state index in [1.165, 1.54) is 39.6 Å². The second-order valence-corrected chi connectivity index (χ2v) is 13.2. The number of amides is 2. The van der Waals surface area contributed by atoms with E-state index in [0.717, 1.165) is 0 Å². The van der Waals surface area contributed by atoms with E-state index in [0.29, 0.717) is 16.9 Å². The van der Waals surface area contributed by atoms with Crippen LogP contribution in [0.4, 0.5) is 14.9 Å². The van der Waals surface area contributed by atoms with Crippen molar-refractivity contribution in [2.75, 3.05) is 20.1 Å². The molecule has 1 aromatic carbocycles. The van der Waals surface area contributed by atoms with Gasteiger partial charge in [0.15, 0.2) is 0 Å². The van der Waals surface area contributed by atoms with Gasteiger partial charge in [-0.15, -0.1) is 0 Å². The normalized spacial score (nSPS) is 28.6. The monoisotopic (exact) mass is 571 g/mol. The van der Waals surface area contributed by atoms with Gasteiger partial charge >= 0.3 is 6.09 Å². The van der Waals surface area contributed by atoms with Crippen LogP contribution in [0.5, 0.6) is 0 Å². The molecule has 2 saturated heterocycles. The van der Waals surface area contributed by atoms with Crippen molar-refractivity contribution < 1.29 is 27.1 Å². The lowest BCUT2D eigenvalue weighted by Gasteiger charge is -2.49. The SMILES string of the molecule is CN1Cc2cc(N=C3NN([C@@]4(CC#N)CCN(C(=O)OC(C)(C)C)C[C@H]4F)C4=CC=NC(=O)C43)ccc2S1(=O)=O. The third kappa shape index (κ3) is 4.62. The minimum atomic E-state index is -3.55. The summed E-state index contributed by atoms with van der Waals surface area (Å²) in [4.78, 5) is 35.5. The Bertz CT molecular complexity index is 1510. The Balaban J connectivity index is 1.48. The number of carbonyl (C=O) groups is 2. The maximum absolute atomic E-state index is 16.1. The number of dihydropyridines is 1. The molecule has 212 valence electrons. The first-order chi connectivity index (χ1) is 18.8. The highest BCUT2D eigenvalue weighted by atomic mass is 32.2. The second kappa shape index (κ2) is 9.67. The van der Waals surface area contributed by atoms with Crippen molar-refractivity contribution in [3.63, 3.8) is 0 Å². The van der Waals surface area contributed by atoms with Gasteiger partial charge in [0.25, 0.3) is 5.91 Å². The zero-order valence-corrected chi connectivity index (χ0v) is 23.4. The lowest BCUT2D eigenvalue weighted by molar-refractivity contribution is -0.119. The van der Waals surface area contributed by atoms with E-state index in [2.05, 4.69) is 21.5 Å². The van der Waals surface area contributed by atoms with Crippen LogP contribution < -0.4 is 5.43 Å². The fraction of sp³-hybridized carbons (Fsp3) is 0.500. The van der Waals surface area contributed by atoms with Crippen molar-refractivity contribution in [1.29, 1.82) is 5.26 Å². The summed E-state index contributed by atoms with van der Waals surface area (Å²) in [6.07, 6.45) is 0.452. The number of carbonyl (C=O) groups excluding carboxylic acids is 2. The molecule has 4 aliphatic rings. The number of rotatable bonds is 3. The van der Waals surface area contributed by atoms with Gasteiger partial charge in [-0.25, -0.2) is 27.6 Å². The number of allylic oxidation sites excluding steroid dienone is 1. The molecule has 5 rings (SSSR count). The van der Waals surface area contributed by atoms with Gasteiger partial charge in [-0.3, -0.25) is 15.2 Å². The van der Waals surface area contributed by atoms with Crippen LogP contribution in [-0.2, 0) is 26.1 Å². The fourth-order valence-electron chi connectivity index (χ4n) is 5.39. The van der Waals surface area contributed by atoms with E-state index >= 15 is 4.39 Å². The van der Waals surface area contributed by atoms with Gasteiger partial charge in [0.05, 0.1) is 35.3 Å². The number of nitriles is 1. The van der Waals surface area contributed by atoms with E-state index in [1.54, 1.807) is 32.9 Å². The number of ether oxygens (including phenoxy) is 1. The second-order valence-electron chi connectivity index (χ2n) is 11.2. The predicted octanol–water partition coefficient (Wildman–Crippen LogP) is 2.41. The Morgan fingerprint density at radius 1 is 1.38 bits per heavy atom. The smallest absolute Gasteiger partial charge is 0.410 e. The molecule has 2 fully saturated rings. The van der Waals surface area contributed by atoms with Crippen LogP contribution in [0, 0.1) is 17.2 Å². The molecule has 1 aromatic rings. The molecule has 0 saturated carbocycles. The number of alkyl halides is 1. The summed E-state index contributed by atoms with van der Waals surface area (Å²) in [5.74, 6) is -1.29. The summed E-state index contributed by atoms with van der Waals surface area (Å²) >= 11 is 0. The molecule has 4 aliphatic heterocycles. The molecule has 1 N–H and O–H groups in total. The number of amidine groups is 1. The minimum absolute atomic E-state index is 0.0830. The molecule has 2 amide bonds. The predicted molar refractivity (Wildman–Crippen MR) is 143 cm³/mol. The number of benzene rings is 1. The molecule has 40 heavy (non-hydrogen) atoms. The largest absolute Gasteiger partial charge is 0.444 e. The van der Waals surface area contributed by atoms with Crippen LogP contribution in [0.3, 0.4) is 0 Å². The Morgan fingerprint density at radius 3 is 2.80 bits per heavy atom. The third-order valence-electron chi connectivity index (χ3n) is 7.38. The fourth-order valence-corrected chi connectivity index (χ4v) is 6.73. The molecule has 0 radical (unpaired) electrons. The average molecular weight is 572 g/mol. The van der Waals surface area contributed by atoms with Gasteiger partial charge in [0.2, 0.25) is 10.0 Å². The lowest BCUT2D eigenvalue weighted by atomic mass is 9.81. The van der Waals surface area contributed by atoms with E-state index < -0.39 is 45.3 Å². The number of piperidine rings is 1. The first-order valence-corrected chi connectivity index (χ1v) is 14.2. The Labute approximate surface area is 231 Å². The number of hydrogen-bond acceptors (Lipinski definition) is 8. The summed E-state index contributed by atoms with van der Waals surface area (Å²) in [7, 11) is -2.06. The number of hydrogen-bond donors (Lipinski definition) is 1. The third-order valence-corrected chi connectivity index (χ3v) is 9.29. The Kier molecular flexibility index (Phi) is 6.70. The molecule has 1 unspecified atom stereocenters. The highest BCUT2D eigenvalue weighted by Gasteiger charge is 2.55. The molecular formula is C26H30FN7O5S. The van der Waals surface area contributed by atoms with Gasteiger partial charge in [-0.05, 0) is 57.0 Å². The van der Waals surface area contributed by atoms with Crippen LogP contribution in [-0.4, -0.2) is 84.1 Å². The van der Waals surface area contributed by atoms with Gasteiger partial charge in [-0.1, -0.05) is 0 Å². The number of fused-ring (bicyclic) bond motifs is 2. The molecule has 0 bridgehead atoms. The van der Waals surface area contributed by atoms with Crippen molar-refractivity contribution in [2.24, 2.45) is 15.9 Å². The van der Waals surface area contributed by atoms with Gasteiger partial charge < -0.3 is 9.64 Å². The number of hydrazine groups is 1. The Morgan fingerprint density at radius 2 is 2.12 bits per heavy atom. The molecular weight excluding hydrogens is 541 g/mol. The minimum Gasteiger partial charge on any atom is -0.444 e. The van der Waals surface area contributed by atoms with Crippen molar-refractivity contribution in [1.82, 2.24) is 19.6 Å². The van der Waals surface area contributed by atoms with E-state index in [1.807, 2.05) is 0 Å². The van der Waals surface area contributed by atoms with Crippen molar-refractivity contribution in [2.45, 2.75) is 62.4 Å². The van der Waals surface area contributed by atoms with E-state index in [-0.39, 0.29) is 43.2 Å². The molecule has 14 heteroatoms. The average Bonchev–Trinajstić information content (AvgIpc) is 3.34. The molecule has 12 nitrogen and oxygen atoms in total. The zero-order valence-electron chi connectivity index (χ0n) is 22.6. The van der Waals surface area contributed by atoms with Crippen LogP contribution in [0.15, 0.2) is 44.9 Å². The van der Waals surface area contributed by atoms with Crippen LogP contribution in [0.25, 0.3) is 0 Å². The number of aliphatic imine (C=N–C) groups is 2. The van der Waals surface area contributed by atoms with Gasteiger partial charge in [0.1, 0.15) is 29.1 Å². The van der Waals surface area contributed by atoms with Crippen molar-refractivity contribution in [3.8, 4) is 6.07 Å². The molecule has 3 atom stereocenters. The lowest BCUT2D eigenvalue weighted by Crippen LogP contribution is -2.65. The van der Waals surface area contributed by atoms with Crippen molar-refractivity contribution >= 4 is 39.8 Å². The van der Waals surface area contributed by atoms with E-state index in [4.69, 9.17) is 4.74 Å². The van der Waals surface area contributed by atoms with Crippen LogP contribution in [0.1, 0.15) is 39.2 Å². The topological polar surface area (TPSA) is 148 Å². The summed E-state index contributed by atoms with van der Waals surface area (Å²) in [6.45, 7) is 5.20. The summed E-state index contributed by atoms with van der Waals surface area (Å²) in [5.41, 5.74) is 2.29. The summed E-state index contributed by atoms with van der Waals surface area (Å²) in [5, 5.41) is 11.2. The number of nitrogens with one attached hydrogen (secondary N) is 1. The Hall–Kier alpha value is -3.83. The number of halogens is 1. The number of nitrogens with zero attached hydrogens (tertiary/aromatic N) is 6. The summed E-state index contributed by atoms with van der Waals surface area (Å²) < 4.78 is 47.7. The number of likely N-dealkylation sites (tertiary alicyclic amines) is 1. The molecule has 0 spiro atoms. The van der Waals surface area contributed by atoms with Gasteiger partial charge in [-0.2, -0.15) is 9.57 Å². The molecule has 0 aliphatic carbocycles. The van der Waals surface area contributed by atoms with Crippen LogP contribution >= 0.6 is 0 Å². The maximum Gasteiger partial charge on any atom is 0.410 e. The van der Waals surface area contributed by atoms with E-state index in [9.17, 15) is 23.3 Å². The standard InChI is InChI=1S/C26H30FN7O5S/c1-25(2,3)39-24(36)33-12-9-26(8-10-28,20(27)15-33)34-18-7-11-29-23(35)21(18)22(31-34)30-17-5-6-19-16(13-17)14-32(4)40(19,37)38/h5-7,11,13,20-21H,8-9,12,14-15H2,1-4H3,(H,30,31)/t20-,21?,26+/m1/s1. The maximum atomic E-state index is 16.1. The molecule has 4 heterocycles. The summed E-state index contributed by atoms with van der Waals surface area (Å²) in [6, 6.07) is 6.72. The first-order valence-electron chi connectivity index (χ1n) is 12.8. The first kappa shape index (κ1) is 27.7. The molecule has 0 aromatic heterocycles. The highest BCUT2D eigenvalue weighted by molar-refractivity contribution is 7.89. The van der Waals surface area contributed by atoms with Gasteiger partial charge in [0, 0.05) is 26.4 Å². The zero-order chi connectivity index (χ0) is 29.0. The highest BCUT2D eigenvalue weighted by Crippen LogP contribution is 2.42. The number of sulfonamides is 1. The quantitative estimate of drug-likeness (QED) is 0.582. The van der Waals surface area contributed by atoms with Crippen molar-refractivity contribution in [3.05, 3.63) is 35.5 Å². The van der Waals surface area contributed by atoms with Crippen LogP contribution in [0.2, 0.25) is 0 Å².